The summed E-state index contributed by atoms with van der Waals surface area (Å²) in [4.78, 5) is 94.2. The number of hydrogen-bond donors (Lipinski definition) is 5. The Morgan fingerprint density at radius 1 is 0.462 bits per heavy atom. The van der Waals surface area contributed by atoms with Crippen molar-refractivity contribution in [1.29, 1.82) is 0 Å². The number of benzene rings is 6. The standard InChI is InChI=1S/C34H39ClN5O5P.C29H29ClN5O4P.C20H32N5O9P.C6H11ClO2/c1-24(2)44-46(41,45-25(3)4)23-43-21-20-40-22-36-30-31(35)37-33(38-32(30)40)39-34(26-12-8-6-9-13-26,27-14-10-7-11-15-27)28-16-18-29(42-5)19-17-28;1-38-24-15-13-23(14-16-24)29(21-9-5-3-6-10-21,22-11-7-4-8-12-22)34-28-32-26(30)25-27(33-28)35(19-31-25)17-18-39-20-40(2,36)37;1-19(2,3)16(27)31-10-33-35(29,34-11-32-17(28)20(4,5)6)12-30-8-7-25-9-22-13-14(25)23-18(21)24-15(13)26;1-6(2,3)5(8)9-4-7/h6-19,22,24-25H,20-21,23H2,1-5H3,(H,37,38,39);3-16,19H,17-18,20H2,1-2H3,(H,36,37)(H,32,33,34);9H,7-8,10-12H2,1-6H3,(H3,21,23,24,26);4H2,1-3H3. The average Bonchev–Trinajstić information content (AvgIpc) is 1.67. The number of nitrogens with two attached hydrogens (primary N) is 1. The van der Waals surface area contributed by atoms with E-state index in [2.05, 4.69) is 98.8 Å². The van der Waals surface area contributed by atoms with E-state index in [0.29, 0.717) is 47.3 Å². The van der Waals surface area contributed by atoms with Crippen LogP contribution < -0.4 is 31.4 Å². The van der Waals surface area contributed by atoms with Crippen molar-refractivity contribution in [3.8, 4) is 11.5 Å². The topological polar surface area (TPSA) is 434 Å². The van der Waals surface area contributed by atoms with Crippen LogP contribution in [0.15, 0.2) is 194 Å². The van der Waals surface area contributed by atoms with Crippen molar-refractivity contribution >= 4 is 127 Å². The molecule has 6 N–H and O–H groups in total. The van der Waals surface area contributed by atoms with Gasteiger partial charge in [0, 0.05) is 26.3 Å². The summed E-state index contributed by atoms with van der Waals surface area (Å²) in [6.45, 7) is 23.8. The number of carbonyl (C=O) groups is 3. The number of H-pyrrole nitrogens is 1. The summed E-state index contributed by atoms with van der Waals surface area (Å²) in [6.07, 6.45) is 3.17. The van der Waals surface area contributed by atoms with Crippen molar-refractivity contribution in [2.75, 3.05) is 95.8 Å². The van der Waals surface area contributed by atoms with E-state index in [4.69, 9.17) is 102 Å². The number of nitrogens with zero attached hydrogens (tertiary/aromatic N) is 11. The van der Waals surface area contributed by atoms with Crippen LogP contribution in [0, 0.1) is 16.2 Å². The fourth-order valence-electron chi connectivity index (χ4n) is 12.5. The van der Waals surface area contributed by atoms with Crippen LogP contribution in [0.2, 0.25) is 10.3 Å². The molecule has 1 unspecified atom stereocenters. The van der Waals surface area contributed by atoms with Crippen molar-refractivity contribution in [3.63, 3.8) is 0 Å². The molecule has 6 aromatic carbocycles. The highest BCUT2D eigenvalue weighted by atomic mass is 35.5. The number of nitrogen functional groups attached to an aromatic ring is 1. The van der Waals surface area contributed by atoms with Crippen molar-refractivity contribution in [2.24, 2.45) is 16.2 Å². The van der Waals surface area contributed by atoms with Gasteiger partial charge in [0.1, 0.15) is 52.7 Å². The fourth-order valence-corrected chi connectivity index (χ4v) is 16.3. The Morgan fingerprint density at radius 3 is 1.09 bits per heavy atom. The third-order valence-corrected chi connectivity index (χ3v) is 23.5. The highest BCUT2D eigenvalue weighted by Crippen LogP contribution is 2.51. The summed E-state index contributed by atoms with van der Waals surface area (Å²) < 4.78 is 107. The number of rotatable bonds is 38. The number of anilines is 3. The first-order valence-corrected chi connectivity index (χ1v) is 48.1. The van der Waals surface area contributed by atoms with Gasteiger partial charge in [-0.15, -0.1) is 0 Å². The lowest BCUT2D eigenvalue weighted by molar-refractivity contribution is -0.162. The molecule has 698 valence electrons. The first-order chi connectivity index (χ1) is 61.5. The quantitative estimate of drug-likeness (QED) is 0.00351. The van der Waals surface area contributed by atoms with Crippen LogP contribution in [-0.2, 0) is 105 Å². The van der Waals surface area contributed by atoms with Gasteiger partial charge in [0.15, 0.2) is 38.8 Å². The van der Waals surface area contributed by atoms with E-state index < -0.39 is 87.3 Å². The number of hydrogen-bond acceptors (Lipinski definition) is 30. The zero-order valence-corrected chi connectivity index (χ0v) is 80.2. The predicted octanol–water partition coefficient (Wildman–Crippen LogP) is 17.4. The Balaban J connectivity index is 0.000000211. The first kappa shape index (κ1) is 103. The van der Waals surface area contributed by atoms with Crippen molar-refractivity contribution < 1.29 is 89.0 Å². The van der Waals surface area contributed by atoms with Crippen LogP contribution in [0.1, 0.15) is 123 Å². The molecule has 0 saturated heterocycles. The normalized spacial score (nSPS) is 12.6. The number of aromatic nitrogens is 12. The maximum absolute atomic E-state index is 13.2. The van der Waals surface area contributed by atoms with E-state index >= 15 is 0 Å². The Morgan fingerprint density at radius 2 is 0.777 bits per heavy atom. The van der Waals surface area contributed by atoms with E-state index in [1.807, 2.05) is 154 Å². The fraction of sp³-hybridized carbons (Fsp3) is 0.393. The van der Waals surface area contributed by atoms with Crippen LogP contribution in [0.4, 0.5) is 17.8 Å². The van der Waals surface area contributed by atoms with Crippen LogP contribution in [-0.4, -0.2) is 173 Å². The second kappa shape index (κ2) is 46.5. The number of aromatic amines is 1. The van der Waals surface area contributed by atoms with E-state index in [-0.39, 0.29) is 90.7 Å². The Kier molecular flexibility index (Phi) is 36.9. The molecule has 0 aliphatic carbocycles. The van der Waals surface area contributed by atoms with E-state index in [1.165, 1.54) is 17.6 Å². The minimum atomic E-state index is -4.00. The van der Waals surface area contributed by atoms with Gasteiger partial charge in [0.2, 0.25) is 38.8 Å². The maximum Gasteiger partial charge on any atom is 0.361 e. The van der Waals surface area contributed by atoms with Gasteiger partial charge in [-0.1, -0.05) is 180 Å². The van der Waals surface area contributed by atoms with Gasteiger partial charge in [-0.2, -0.15) is 24.9 Å². The number of halogens is 3. The summed E-state index contributed by atoms with van der Waals surface area (Å²) in [5.74, 6) is 0.625. The van der Waals surface area contributed by atoms with Gasteiger partial charge in [0.05, 0.1) is 81.5 Å². The number of carbonyl (C=O) groups excluding carboxylic acids is 3. The number of methoxy groups -OCH3 is 2. The molecule has 35 nitrogen and oxygen atoms in total. The van der Waals surface area contributed by atoms with Crippen molar-refractivity contribution in [2.45, 2.75) is 133 Å². The second-order valence-corrected chi connectivity index (χ2v) is 40.2. The molecule has 0 fully saturated rings. The Hall–Kier alpha value is -10.6. The molecule has 0 amide bonds. The number of esters is 3. The number of alkyl halides is 1. The van der Waals surface area contributed by atoms with Gasteiger partial charge in [-0.05, 0) is 148 Å². The zero-order chi connectivity index (χ0) is 94.8. The summed E-state index contributed by atoms with van der Waals surface area (Å²) in [7, 11) is -7.41. The van der Waals surface area contributed by atoms with Crippen molar-refractivity contribution in [1.82, 2.24) is 58.6 Å². The smallest absolute Gasteiger partial charge is 0.361 e. The first-order valence-electron chi connectivity index (χ1n) is 41.0. The van der Waals surface area contributed by atoms with Gasteiger partial charge in [-0.25, -0.2) is 15.0 Å². The van der Waals surface area contributed by atoms with E-state index in [0.717, 1.165) is 44.9 Å². The minimum Gasteiger partial charge on any atom is -0.497 e. The average molecular weight is 1910 g/mol. The number of nitrogens with one attached hydrogen (secondary N) is 3. The highest BCUT2D eigenvalue weighted by Gasteiger charge is 2.41. The lowest BCUT2D eigenvalue weighted by atomic mass is 9.77. The van der Waals surface area contributed by atoms with E-state index in [9.17, 15) is 37.8 Å². The van der Waals surface area contributed by atoms with Crippen LogP contribution in [0.3, 0.4) is 0 Å². The molecular weight excluding hydrogens is 1800 g/mol. The summed E-state index contributed by atoms with van der Waals surface area (Å²) in [6, 6.07) is 56.1. The lowest BCUT2D eigenvalue weighted by Gasteiger charge is -2.37. The number of ether oxygens (including phenoxy) is 8. The molecule has 0 aliphatic rings. The predicted molar refractivity (Wildman–Crippen MR) is 497 cm³/mol. The molecular formula is C89H111Cl3N15O20P3. The molecule has 12 aromatic rings. The number of fused-ring (bicyclic) bond motifs is 3. The molecule has 6 aromatic heterocycles. The lowest BCUT2D eigenvalue weighted by Crippen LogP contribution is -2.38. The summed E-state index contributed by atoms with van der Waals surface area (Å²) >= 11 is 18.5. The highest BCUT2D eigenvalue weighted by molar-refractivity contribution is 7.57. The largest absolute Gasteiger partial charge is 0.497 e. The van der Waals surface area contributed by atoms with E-state index in [1.54, 1.807) is 93.8 Å². The molecule has 0 bridgehead atoms. The summed E-state index contributed by atoms with van der Waals surface area (Å²) in [5.41, 5.74) is 9.40. The van der Waals surface area contributed by atoms with Gasteiger partial charge in [-0.3, -0.25) is 46.9 Å². The molecule has 6 heterocycles. The Bertz CT molecular complexity index is 5770. The SMILES string of the molecule is CC(C)(C)C(=O)OCCl.CC(C)(C)C(=O)OCOP(=O)(COCCn1cnc2c(=O)[nH]c(N)nc21)OCOC(=O)C(C)(C)C.COc1ccc(C(Nc2nc(Cl)c3ncn(CCOCP(=O)(OC(C)C)OC(C)C)c3n2)(c2ccccc2)c2ccccc2)cc1.COc1ccc(C(Nc2nc(Cl)c3ncn(CCOCP(C)(=O)O)c3n2)(c2ccccc2)c2ccccc2)cc1. The van der Waals surface area contributed by atoms with Crippen LogP contribution >= 0.6 is 57.4 Å². The maximum atomic E-state index is 13.2. The van der Waals surface area contributed by atoms with Gasteiger partial charge in [0.25, 0.3) is 5.56 Å². The van der Waals surface area contributed by atoms with Gasteiger partial charge >= 0.3 is 33.1 Å². The monoisotopic (exact) mass is 1910 g/mol. The molecule has 0 radical (unpaired) electrons. The second-order valence-electron chi connectivity index (χ2n) is 33.0. The third-order valence-electron chi connectivity index (χ3n) is 18.7. The molecule has 0 spiro atoms. The Labute approximate surface area is 769 Å². The molecule has 0 saturated carbocycles. The number of imidazole rings is 3. The zero-order valence-electron chi connectivity index (χ0n) is 75.2. The van der Waals surface area contributed by atoms with Gasteiger partial charge < -0.3 is 81.9 Å². The minimum absolute atomic E-state index is 0.000111. The van der Waals surface area contributed by atoms with Crippen molar-refractivity contribution in [3.05, 3.63) is 243 Å². The molecule has 130 heavy (non-hydrogen) atoms. The molecule has 0 aliphatic heterocycles. The van der Waals surface area contributed by atoms with Crippen LogP contribution in [0.25, 0.3) is 33.5 Å². The molecule has 1 atom stereocenters. The third kappa shape index (κ3) is 28.7. The van der Waals surface area contributed by atoms with Crippen LogP contribution in [0.5, 0.6) is 11.5 Å². The molecule has 41 heteroatoms. The summed E-state index contributed by atoms with van der Waals surface area (Å²) in [5, 5.41) is 7.69. The molecule has 12 rings (SSSR count).